The van der Waals surface area contributed by atoms with E-state index in [2.05, 4.69) is 10.4 Å². The summed E-state index contributed by atoms with van der Waals surface area (Å²) in [6.45, 7) is 0. The quantitative estimate of drug-likeness (QED) is 0.687. The first kappa shape index (κ1) is 14.4. The van der Waals surface area contributed by atoms with Crippen LogP contribution in [0.3, 0.4) is 0 Å². The second kappa shape index (κ2) is 5.68. The lowest BCUT2D eigenvalue weighted by Gasteiger charge is -2.07. The Balaban J connectivity index is 2.02. The molecular weight excluding hydrogens is 300 g/mol. The van der Waals surface area contributed by atoms with Crippen LogP contribution in [0.2, 0.25) is 0 Å². The Morgan fingerprint density at radius 2 is 1.74 bits per heavy atom. The first-order valence-corrected chi connectivity index (χ1v) is 6.61. The molecule has 0 spiro atoms. The molecule has 0 aliphatic carbocycles. The first-order chi connectivity index (χ1) is 11.1. The van der Waals surface area contributed by atoms with Crippen molar-refractivity contribution in [2.24, 2.45) is 5.10 Å². The Hall–Kier alpha value is -3.55. The molecule has 0 bridgehead atoms. The largest absolute Gasteiger partial charge is 0.340 e. The van der Waals surface area contributed by atoms with Crippen LogP contribution in [0.4, 0.5) is 5.69 Å². The van der Waals surface area contributed by atoms with E-state index >= 15 is 0 Å². The number of rotatable bonds is 3. The van der Waals surface area contributed by atoms with Crippen molar-refractivity contribution in [3.63, 3.8) is 0 Å². The number of hydrogen-bond acceptors (Lipinski definition) is 5. The number of nitrogens with zero attached hydrogens (tertiary/aromatic N) is 3. The summed E-state index contributed by atoms with van der Waals surface area (Å²) < 4.78 is 0. The van der Waals surface area contributed by atoms with E-state index in [1.54, 1.807) is 42.5 Å². The molecule has 0 radical (unpaired) electrons. The van der Waals surface area contributed by atoms with E-state index in [9.17, 15) is 19.7 Å². The fourth-order valence-electron chi connectivity index (χ4n) is 2.15. The predicted octanol–water partition coefficient (Wildman–Crippen LogP) is 1.68. The van der Waals surface area contributed by atoms with Gasteiger partial charge in [0.2, 0.25) is 0 Å². The highest BCUT2D eigenvalue weighted by atomic mass is 16.7. The number of carbonyl (C=O) groups is 2. The molecule has 23 heavy (non-hydrogen) atoms. The lowest BCUT2D eigenvalue weighted by atomic mass is 10.1. The van der Waals surface area contributed by atoms with Crippen LogP contribution in [-0.4, -0.2) is 27.7 Å². The number of fused-ring (bicyclic) bond motifs is 1. The van der Waals surface area contributed by atoms with E-state index in [1.165, 1.54) is 12.1 Å². The van der Waals surface area contributed by atoms with Gasteiger partial charge in [0, 0.05) is 5.56 Å². The number of anilines is 1. The van der Waals surface area contributed by atoms with Crippen molar-refractivity contribution < 1.29 is 14.6 Å². The summed E-state index contributed by atoms with van der Waals surface area (Å²) in [5.74, 6) is -1.53. The molecule has 0 aromatic heterocycles. The Labute approximate surface area is 130 Å². The van der Waals surface area contributed by atoms with Crippen molar-refractivity contribution in [2.75, 3.05) is 5.32 Å². The van der Waals surface area contributed by atoms with Gasteiger partial charge in [0.15, 0.2) is 0 Å². The average Bonchev–Trinajstić information content (AvgIpc) is 2.88. The molecule has 0 saturated heterocycles. The molecule has 1 N–H and O–H groups in total. The molecule has 8 heteroatoms. The minimum Gasteiger partial charge on any atom is -0.339 e. The number of carbonyl (C=O) groups excluding carboxylic acids is 2. The minimum atomic E-state index is -0.962. The van der Waals surface area contributed by atoms with Crippen LogP contribution in [0.15, 0.2) is 59.7 Å². The third kappa shape index (κ3) is 2.64. The smallest absolute Gasteiger partial charge is 0.339 e. The Bertz CT molecular complexity index is 832. The molecule has 1 aliphatic heterocycles. The number of nitrogens with one attached hydrogen (secondary N) is 1. The summed E-state index contributed by atoms with van der Waals surface area (Å²) in [7, 11) is 0. The van der Waals surface area contributed by atoms with Gasteiger partial charge in [-0.15, -0.1) is 0 Å². The SMILES string of the molecule is O=C1Nc2ccccc2C1=NN(C(=O)c1ccccc1)[N+](=O)[O-]. The molecule has 0 saturated carbocycles. The van der Waals surface area contributed by atoms with Gasteiger partial charge >= 0.3 is 11.8 Å². The molecule has 3 rings (SSSR count). The van der Waals surface area contributed by atoms with E-state index in [-0.39, 0.29) is 16.4 Å². The number of hydrogen-bond donors (Lipinski definition) is 1. The van der Waals surface area contributed by atoms with Gasteiger partial charge in [0.05, 0.1) is 26.5 Å². The second-order valence-corrected chi connectivity index (χ2v) is 4.65. The van der Waals surface area contributed by atoms with E-state index in [0.29, 0.717) is 11.3 Å². The van der Waals surface area contributed by atoms with Crippen molar-refractivity contribution in [3.05, 3.63) is 75.8 Å². The van der Waals surface area contributed by atoms with E-state index in [4.69, 9.17) is 0 Å². The molecule has 0 unspecified atom stereocenters. The van der Waals surface area contributed by atoms with Gasteiger partial charge in [-0.25, -0.2) is 0 Å². The number of benzene rings is 2. The van der Waals surface area contributed by atoms with Crippen molar-refractivity contribution in [3.8, 4) is 0 Å². The summed E-state index contributed by atoms with van der Waals surface area (Å²) in [4.78, 5) is 35.4. The summed E-state index contributed by atoms with van der Waals surface area (Å²) in [6.07, 6.45) is 0. The van der Waals surface area contributed by atoms with Gasteiger partial charge in [-0.2, -0.15) is 0 Å². The molecule has 1 heterocycles. The normalized spacial score (nSPS) is 14.3. The van der Waals surface area contributed by atoms with Crippen LogP contribution in [0.1, 0.15) is 15.9 Å². The van der Waals surface area contributed by atoms with Gasteiger partial charge in [-0.05, 0) is 24.3 Å². The standard InChI is InChI=1S/C15H10N4O4/c20-14-13(11-8-4-5-9-12(11)16-14)17-18(19(22)23)15(21)10-6-2-1-3-7-10/h1-9H,(H,16,17,20). The van der Waals surface area contributed by atoms with Crippen molar-refractivity contribution in [2.45, 2.75) is 0 Å². The first-order valence-electron chi connectivity index (χ1n) is 6.61. The minimum absolute atomic E-state index is 0.0757. The summed E-state index contributed by atoms with van der Waals surface area (Å²) >= 11 is 0. The number of amides is 2. The Morgan fingerprint density at radius 3 is 2.43 bits per heavy atom. The molecule has 0 atom stereocenters. The summed E-state index contributed by atoms with van der Waals surface area (Å²) in [6, 6.07) is 14.3. The highest BCUT2D eigenvalue weighted by Crippen LogP contribution is 2.23. The lowest BCUT2D eigenvalue weighted by Crippen LogP contribution is -2.34. The maximum Gasteiger partial charge on any atom is 0.340 e. The molecule has 2 amide bonds. The number of hydrazone groups is 1. The average molecular weight is 310 g/mol. The van der Waals surface area contributed by atoms with Crippen LogP contribution in [-0.2, 0) is 4.79 Å². The highest BCUT2D eigenvalue weighted by Gasteiger charge is 2.35. The topological polar surface area (TPSA) is 105 Å². The second-order valence-electron chi connectivity index (χ2n) is 4.65. The monoisotopic (exact) mass is 310 g/mol. The van der Waals surface area contributed by atoms with Gasteiger partial charge < -0.3 is 15.4 Å². The molecule has 114 valence electrons. The highest BCUT2D eigenvalue weighted by molar-refractivity contribution is 6.53. The van der Waals surface area contributed by atoms with E-state index < -0.39 is 16.8 Å². The van der Waals surface area contributed by atoms with Gasteiger partial charge in [0.25, 0.3) is 5.71 Å². The zero-order valence-corrected chi connectivity index (χ0v) is 11.7. The number of para-hydroxylation sites is 1. The molecule has 2 aromatic carbocycles. The van der Waals surface area contributed by atoms with Crippen molar-refractivity contribution in [1.82, 2.24) is 5.12 Å². The van der Waals surface area contributed by atoms with Crippen LogP contribution in [0.5, 0.6) is 0 Å². The lowest BCUT2D eigenvalue weighted by molar-refractivity contribution is -0.633. The molecule has 0 fully saturated rings. The fourth-order valence-corrected chi connectivity index (χ4v) is 2.15. The van der Waals surface area contributed by atoms with Crippen LogP contribution >= 0.6 is 0 Å². The van der Waals surface area contributed by atoms with Gasteiger partial charge in [-0.3, -0.25) is 9.59 Å². The Kier molecular flexibility index (Phi) is 3.55. The summed E-state index contributed by atoms with van der Waals surface area (Å²) in [5.41, 5.74) is 0.818. The maximum absolute atomic E-state index is 12.2. The van der Waals surface area contributed by atoms with E-state index in [0.717, 1.165) is 0 Å². The summed E-state index contributed by atoms with van der Waals surface area (Å²) in [5, 5.41) is 16.5. The van der Waals surface area contributed by atoms with Gasteiger partial charge in [-0.1, -0.05) is 30.3 Å². The third-order valence-electron chi connectivity index (χ3n) is 3.20. The number of nitro groups is 1. The third-order valence-corrected chi connectivity index (χ3v) is 3.20. The zero-order chi connectivity index (χ0) is 16.4. The maximum atomic E-state index is 12.2. The van der Waals surface area contributed by atoms with Crippen molar-refractivity contribution in [1.29, 1.82) is 0 Å². The molecule has 2 aromatic rings. The molecular formula is C15H10N4O4. The van der Waals surface area contributed by atoms with Crippen molar-refractivity contribution >= 4 is 23.2 Å². The van der Waals surface area contributed by atoms with Crippen LogP contribution in [0.25, 0.3) is 0 Å². The van der Waals surface area contributed by atoms with Gasteiger partial charge in [0.1, 0.15) is 0 Å². The Morgan fingerprint density at radius 1 is 1.09 bits per heavy atom. The van der Waals surface area contributed by atoms with E-state index in [1.807, 2.05) is 0 Å². The van der Waals surface area contributed by atoms with Crippen LogP contribution in [0, 0.1) is 10.1 Å². The fraction of sp³-hybridized carbons (Fsp3) is 0. The number of hydrazine groups is 1. The molecule has 1 aliphatic rings. The zero-order valence-electron chi connectivity index (χ0n) is 11.7. The predicted molar refractivity (Wildman–Crippen MR) is 81.2 cm³/mol. The van der Waals surface area contributed by atoms with Crippen LogP contribution < -0.4 is 5.32 Å². The molecule has 8 nitrogen and oxygen atoms in total.